The molecule has 146 valence electrons. The van der Waals surface area contributed by atoms with E-state index in [-0.39, 0.29) is 17.2 Å². The zero-order chi connectivity index (χ0) is 20.2. The number of amides is 1. The lowest BCUT2D eigenvalue weighted by Crippen LogP contribution is -2.39. The Labute approximate surface area is 157 Å². The van der Waals surface area contributed by atoms with Gasteiger partial charge in [0.25, 0.3) is 0 Å². The van der Waals surface area contributed by atoms with Crippen LogP contribution >= 0.6 is 0 Å². The zero-order valence-electron chi connectivity index (χ0n) is 15.1. The van der Waals surface area contributed by atoms with Gasteiger partial charge in [0.2, 0.25) is 15.9 Å². The van der Waals surface area contributed by atoms with Crippen LogP contribution in [-0.2, 0) is 21.4 Å². The number of carbonyl (C=O) groups is 1. The largest absolute Gasteiger partial charge is 0.495 e. The number of methoxy groups -OCH3 is 1. The van der Waals surface area contributed by atoms with Crippen molar-refractivity contribution in [3.8, 4) is 5.75 Å². The maximum atomic E-state index is 13.7. The van der Waals surface area contributed by atoms with E-state index in [0.717, 1.165) is 16.4 Å². The van der Waals surface area contributed by atoms with Crippen molar-refractivity contribution in [2.75, 3.05) is 27.7 Å². The standard InChI is InChI=1S/C18H20F2N2O4S/c1-21(11-13-6-4-5-7-15(13)20)18(23)12-22(2)27(24,25)17-10-14(19)8-9-16(17)26-3/h4-10H,11-12H2,1-3H3. The number of halogens is 2. The monoisotopic (exact) mass is 398 g/mol. The molecule has 9 heteroatoms. The first kappa shape index (κ1) is 20.8. The molecule has 0 aromatic heterocycles. The molecule has 0 saturated heterocycles. The van der Waals surface area contributed by atoms with E-state index in [9.17, 15) is 22.0 Å². The number of sulfonamides is 1. The number of hydrogen-bond donors (Lipinski definition) is 0. The maximum absolute atomic E-state index is 13.7. The highest BCUT2D eigenvalue weighted by atomic mass is 32.2. The molecular formula is C18H20F2N2O4S. The SMILES string of the molecule is COc1ccc(F)cc1S(=O)(=O)N(C)CC(=O)N(C)Cc1ccccc1F. The summed E-state index contributed by atoms with van der Waals surface area (Å²) in [4.78, 5) is 13.2. The van der Waals surface area contributed by atoms with Crippen molar-refractivity contribution in [3.05, 3.63) is 59.7 Å². The second-order valence-corrected chi connectivity index (χ2v) is 7.91. The Morgan fingerprint density at radius 2 is 1.78 bits per heavy atom. The molecule has 2 aromatic carbocycles. The summed E-state index contributed by atoms with van der Waals surface area (Å²) >= 11 is 0. The minimum absolute atomic E-state index is 0.0112. The van der Waals surface area contributed by atoms with Crippen LogP contribution in [-0.4, -0.2) is 51.3 Å². The van der Waals surface area contributed by atoms with Crippen molar-refractivity contribution in [1.82, 2.24) is 9.21 Å². The predicted molar refractivity (Wildman–Crippen MR) is 95.6 cm³/mol. The van der Waals surface area contributed by atoms with Gasteiger partial charge in [-0.2, -0.15) is 4.31 Å². The summed E-state index contributed by atoms with van der Waals surface area (Å²) in [5.74, 6) is -1.77. The number of likely N-dealkylation sites (N-methyl/N-ethyl adjacent to an activating group) is 2. The van der Waals surface area contributed by atoms with Crippen LogP contribution < -0.4 is 4.74 Å². The second-order valence-electron chi connectivity index (χ2n) is 5.90. The van der Waals surface area contributed by atoms with Gasteiger partial charge in [-0.3, -0.25) is 4.79 Å². The van der Waals surface area contributed by atoms with Gasteiger partial charge in [-0.15, -0.1) is 0 Å². The van der Waals surface area contributed by atoms with Crippen molar-refractivity contribution >= 4 is 15.9 Å². The minimum atomic E-state index is -4.17. The van der Waals surface area contributed by atoms with Crippen LogP contribution in [0.25, 0.3) is 0 Å². The minimum Gasteiger partial charge on any atom is -0.495 e. The molecule has 0 unspecified atom stereocenters. The summed E-state index contributed by atoms with van der Waals surface area (Å²) in [5.41, 5.74) is 0.311. The van der Waals surface area contributed by atoms with Crippen LogP contribution in [0.2, 0.25) is 0 Å². The summed E-state index contributed by atoms with van der Waals surface area (Å²) in [6.07, 6.45) is 0. The third-order valence-corrected chi connectivity index (χ3v) is 5.79. The lowest BCUT2D eigenvalue weighted by molar-refractivity contribution is -0.130. The lowest BCUT2D eigenvalue weighted by atomic mass is 10.2. The normalized spacial score (nSPS) is 11.5. The fourth-order valence-electron chi connectivity index (χ4n) is 2.39. The molecule has 2 rings (SSSR count). The van der Waals surface area contributed by atoms with Crippen LogP contribution in [0.15, 0.2) is 47.4 Å². The molecule has 0 saturated carbocycles. The van der Waals surface area contributed by atoms with Crippen LogP contribution in [0.1, 0.15) is 5.56 Å². The van der Waals surface area contributed by atoms with Crippen molar-refractivity contribution in [2.45, 2.75) is 11.4 Å². The lowest BCUT2D eigenvalue weighted by Gasteiger charge is -2.22. The molecule has 2 aromatic rings. The fraction of sp³-hybridized carbons (Fsp3) is 0.278. The van der Waals surface area contributed by atoms with Crippen molar-refractivity contribution in [1.29, 1.82) is 0 Å². The topological polar surface area (TPSA) is 66.9 Å². The van der Waals surface area contributed by atoms with Gasteiger partial charge < -0.3 is 9.64 Å². The summed E-state index contributed by atoms with van der Waals surface area (Å²) < 4.78 is 58.3. The molecule has 0 aliphatic rings. The van der Waals surface area contributed by atoms with Gasteiger partial charge in [-0.05, 0) is 24.3 Å². The van der Waals surface area contributed by atoms with Gasteiger partial charge in [0, 0.05) is 26.2 Å². The fourth-order valence-corrected chi connectivity index (χ4v) is 3.67. The summed E-state index contributed by atoms with van der Waals surface area (Å²) in [5, 5.41) is 0. The number of hydrogen-bond acceptors (Lipinski definition) is 4. The van der Waals surface area contributed by atoms with E-state index in [2.05, 4.69) is 0 Å². The quantitative estimate of drug-likeness (QED) is 0.718. The molecule has 0 bridgehead atoms. The molecule has 0 heterocycles. The average Bonchev–Trinajstić information content (AvgIpc) is 2.63. The predicted octanol–water partition coefficient (Wildman–Crippen LogP) is 2.25. The highest BCUT2D eigenvalue weighted by Crippen LogP contribution is 2.26. The Morgan fingerprint density at radius 3 is 2.41 bits per heavy atom. The molecular weight excluding hydrogens is 378 g/mol. The third kappa shape index (κ3) is 4.81. The molecule has 6 nitrogen and oxygen atoms in total. The van der Waals surface area contributed by atoms with Gasteiger partial charge in [-0.25, -0.2) is 17.2 Å². The van der Waals surface area contributed by atoms with Gasteiger partial charge in [0.15, 0.2) is 0 Å². The Bertz CT molecular complexity index is 935. The van der Waals surface area contributed by atoms with E-state index in [1.165, 1.54) is 50.4 Å². The second kappa shape index (κ2) is 8.45. The van der Waals surface area contributed by atoms with E-state index in [4.69, 9.17) is 4.74 Å². The first-order chi connectivity index (χ1) is 12.7. The molecule has 0 spiro atoms. The maximum Gasteiger partial charge on any atom is 0.247 e. The van der Waals surface area contributed by atoms with E-state index < -0.39 is 34.1 Å². The molecule has 0 N–H and O–H groups in total. The average molecular weight is 398 g/mol. The Balaban J connectivity index is 2.15. The van der Waals surface area contributed by atoms with Crippen LogP contribution in [0, 0.1) is 11.6 Å². The third-order valence-electron chi connectivity index (χ3n) is 3.96. The number of ether oxygens (including phenoxy) is 1. The Kier molecular flexibility index (Phi) is 6.50. The molecule has 1 amide bonds. The van der Waals surface area contributed by atoms with Gasteiger partial charge in [0.1, 0.15) is 22.3 Å². The number of rotatable bonds is 7. The molecule has 0 radical (unpaired) electrons. The highest BCUT2D eigenvalue weighted by Gasteiger charge is 2.28. The molecule has 0 fully saturated rings. The highest BCUT2D eigenvalue weighted by molar-refractivity contribution is 7.89. The van der Waals surface area contributed by atoms with Crippen LogP contribution in [0.5, 0.6) is 5.75 Å². The molecule has 0 aliphatic heterocycles. The van der Waals surface area contributed by atoms with E-state index >= 15 is 0 Å². The van der Waals surface area contributed by atoms with Crippen molar-refractivity contribution in [2.24, 2.45) is 0 Å². The van der Waals surface area contributed by atoms with Crippen molar-refractivity contribution < 1.29 is 26.7 Å². The molecule has 27 heavy (non-hydrogen) atoms. The summed E-state index contributed by atoms with van der Waals surface area (Å²) in [6, 6.07) is 9.10. The van der Waals surface area contributed by atoms with Crippen molar-refractivity contribution in [3.63, 3.8) is 0 Å². The van der Waals surface area contributed by atoms with Crippen LogP contribution in [0.3, 0.4) is 0 Å². The zero-order valence-corrected chi connectivity index (χ0v) is 16.0. The van der Waals surface area contributed by atoms with Gasteiger partial charge in [0.05, 0.1) is 13.7 Å². The Hall–Kier alpha value is -2.52. The van der Waals surface area contributed by atoms with Gasteiger partial charge >= 0.3 is 0 Å². The number of benzene rings is 2. The summed E-state index contributed by atoms with van der Waals surface area (Å²) in [6.45, 7) is -0.504. The van der Waals surface area contributed by atoms with Gasteiger partial charge in [-0.1, -0.05) is 18.2 Å². The van der Waals surface area contributed by atoms with Crippen LogP contribution in [0.4, 0.5) is 8.78 Å². The molecule has 0 aliphatic carbocycles. The van der Waals surface area contributed by atoms with E-state index in [1.54, 1.807) is 6.07 Å². The van der Waals surface area contributed by atoms with E-state index in [0.29, 0.717) is 5.56 Å². The summed E-state index contributed by atoms with van der Waals surface area (Å²) in [7, 11) is -0.258. The van der Waals surface area contributed by atoms with E-state index in [1.807, 2.05) is 0 Å². The number of nitrogens with zero attached hydrogens (tertiary/aromatic N) is 2. The number of carbonyl (C=O) groups excluding carboxylic acids is 1. The molecule has 0 atom stereocenters. The first-order valence-electron chi connectivity index (χ1n) is 7.94. The Morgan fingerprint density at radius 1 is 1.11 bits per heavy atom. The smallest absolute Gasteiger partial charge is 0.247 e. The first-order valence-corrected chi connectivity index (χ1v) is 9.38.